The molecule has 0 unspecified atom stereocenters. The second-order valence-corrected chi connectivity index (χ2v) is 5.23. The topological polar surface area (TPSA) is 86.6 Å². The fraction of sp³-hybridized carbons (Fsp3) is 0.571. The first-order valence-electron chi connectivity index (χ1n) is 7.05. The molecule has 21 heavy (non-hydrogen) atoms. The van der Waals surface area contributed by atoms with E-state index in [1.807, 2.05) is 0 Å². The van der Waals surface area contributed by atoms with Crippen LogP contribution in [0.3, 0.4) is 0 Å². The lowest BCUT2D eigenvalue weighted by atomic mass is 9.95. The largest absolute Gasteiger partial charge is 0.481 e. The normalized spacial score (nSPS) is 15.8. The molecule has 114 valence electrons. The Morgan fingerprint density at radius 3 is 2.67 bits per heavy atom. The number of carbonyl (C=O) groups excluding carboxylic acids is 1. The molecule has 7 heteroatoms. The van der Waals surface area contributed by atoms with Crippen LogP contribution in [0.5, 0.6) is 0 Å². The van der Waals surface area contributed by atoms with Gasteiger partial charge in [0.2, 0.25) is 5.91 Å². The van der Waals surface area contributed by atoms with E-state index in [-0.39, 0.29) is 24.8 Å². The molecule has 1 saturated heterocycles. The molecule has 1 aliphatic rings. The number of hydrogen-bond donors (Lipinski definition) is 1. The van der Waals surface area contributed by atoms with Gasteiger partial charge in [-0.15, -0.1) is 0 Å². The van der Waals surface area contributed by atoms with Crippen LogP contribution in [0.15, 0.2) is 18.6 Å². The number of rotatable bonds is 5. The van der Waals surface area contributed by atoms with Crippen LogP contribution in [0.25, 0.3) is 0 Å². The number of amides is 1. The third kappa shape index (κ3) is 4.14. The number of carboxylic acids is 1. The minimum absolute atomic E-state index is 0.0132. The Kier molecular flexibility index (Phi) is 5.08. The molecule has 1 fully saturated rings. The predicted molar refractivity (Wildman–Crippen MR) is 76.9 cm³/mol. The average Bonchev–Trinajstić information content (AvgIpc) is 2.53. The van der Waals surface area contributed by atoms with Crippen molar-refractivity contribution in [2.75, 3.05) is 31.6 Å². The van der Waals surface area contributed by atoms with Gasteiger partial charge >= 0.3 is 5.97 Å². The van der Waals surface area contributed by atoms with Gasteiger partial charge in [0, 0.05) is 45.0 Å². The molecule has 1 aliphatic heterocycles. The second-order valence-electron chi connectivity index (χ2n) is 5.23. The number of carboxylic acid groups (broad SMARTS) is 1. The summed E-state index contributed by atoms with van der Waals surface area (Å²) in [6.45, 7) is 1.79. The maximum Gasteiger partial charge on any atom is 0.305 e. The molecule has 0 radical (unpaired) electrons. The number of hydrogen-bond acceptors (Lipinski definition) is 5. The Balaban J connectivity index is 1.83. The van der Waals surface area contributed by atoms with E-state index in [1.165, 1.54) is 4.90 Å². The third-order valence-corrected chi connectivity index (χ3v) is 3.76. The van der Waals surface area contributed by atoms with Crippen LogP contribution in [0.1, 0.15) is 19.3 Å². The highest BCUT2D eigenvalue weighted by atomic mass is 16.4. The van der Waals surface area contributed by atoms with Gasteiger partial charge in [0.05, 0.1) is 12.6 Å². The highest BCUT2D eigenvalue weighted by Crippen LogP contribution is 2.22. The summed E-state index contributed by atoms with van der Waals surface area (Å²) in [5, 5.41) is 8.66. The molecule has 2 rings (SSSR count). The standard InChI is InChI=1S/C14H20N4O3/c1-17(7-4-13(19)20)14(21)11-2-8-18(9-3-11)12-10-15-5-6-16-12/h5-6,10-11H,2-4,7-9H2,1H3,(H,19,20). The molecule has 0 aliphatic carbocycles. The van der Waals surface area contributed by atoms with E-state index in [0.29, 0.717) is 0 Å². The smallest absolute Gasteiger partial charge is 0.305 e. The zero-order valence-corrected chi connectivity index (χ0v) is 12.1. The summed E-state index contributed by atoms with van der Waals surface area (Å²) in [6.07, 6.45) is 6.52. The fourth-order valence-electron chi connectivity index (χ4n) is 2.50. The van der Waals surface area contributed by atoms with Gasteiger partial charge in [-0.2, -0.15) is 0 Å². The Morgan fingerprint density at radius 2 is 2.10 bits per heavy atom. The molecule has 1 N–H and O–H groups in total. The Labute approximate surface area is 123 Å². The van der Waals surface area contributed by atoms with E-state index >= 15 is 0 Å². The Hall–Kier alpha value is -2.18. The van der Waals surface area contributed by atoms with Crippen LogP contribution in [-0.4, -0.2) is 58.5 Å². The van der Waals surface area contributed by atoms with Crippen molar-refractivity contribution in [1.82, 2.24) is 14.9 Å². The van der Waals surface area contributed by atoms with Crippen molar-refractivity contribution >= 4 is 17.7 Å². The van der Waals surface area contributed by atoms with Crippen molar-refractivity contribution in [1.29, 1.82) is 0 Å². The summed E-state index contributed by atoms with van der Waals surface area (Å²) in [5.74, 6) is -0.0403. The van der Waals surface area contributed by atoms with Gasteiger partial charge in [-0.25, -0.2) is 4.98 Å². The molecular formula is C14H20N4O3. The number of anilines is 1. The molecule has 0 atom stereocenters. The van der Waals surface area contributed by atoms with Gasteiger partial charge in [0.15, 0.2) is 0 Å². The first-order chi connectivity index (χ1) is 10.1. The maximum atomic E-state index is 12.2. The lowest BCUT2D eigenvalue weighted by Crippen LogP contribution is -2.42. The molecule has 0 saturated carbocycles. The van der Waals surface area contributed by atoms with Crippen molar-refractivity contribution in [3.63, 3.8) is 0 Å². The zero-order chi connectivity index (χ0) is 15.2. The van der Waals surface area contributed by atoms with Gasteiger partial charge in [0.1, 0.15) is 5.82 Å². The van der Waals surface area contributed by atoms with Crippen LogP contribution in [-0.2, 0) is 9.59 Å². The predicted octanol–water partition coefficient (Wildman–Crippen LogP) is 0.626. The summed E-state index contributed by atoms with van der Waals surface area (Å²) in [6, 6.07) is 0. The molecule has 2 heterocycles. The molecule has 1 amide bonds. The van der Waals surface area contributed by atoms with E-state index in [4.69, 9.17) is 5.11 Å². The SMILES string of the molecule is CN(CCC(=O)O)C(=O)C1CCN(c2cnccn2)CC1. The monoisotopic (exact) mass is 292 g/mol. The maximum absolute atomic E-state index is 12.2. The minimum atomic E-state index is -0.882. The summed E-state index contributed by atoms with van der Waals surface area (Å²) in [7, 11) is 1.67. The lowest BCUT2D eigenvalue weighted by Gasteiger charge is -2.33. The molecule has 1 aromatic rings. The first kappa shape index (κ1) is 15.2. The Bertz CT molecular complexity index is 486. The van der Waals surface area contributed by atoms with Crippen LogP contribution < -0.4 is 4.90 Å². The molecule has 0 aromatic carbocycles. The van der Waals surface area contributed by atoms with Crippen LogP contribution in [0, 0.1) is 5.92 Å². The van der Waals surface area contributed by atoms with E-state index in [2.05, 4.69) is 14.9 Å². The summed E-state index contributed by atoms with van der Waals surface area (Å²) < 4.78 is 0. The van der Waals surface area contributed by atoms with Crippen LogP contribution >= 0.6 is 0 Å². The van der Waals surface area contributed by atoms with Crippen molar-refractivity contribution < 1.29 is 14.7 Å². The van der Waals surface area contributed by atoms with Gasteiger partial charge < -0.3 is 14.9 Å². The molecule has 1 aromatic heterocycles. The molecule has 7 nitrogen and oxygen atoms in total. The van der Waals surface area contributed by atoms with Gasteiger partial charge in [-0.05, 0) is 12.8 Å². The number of aliphatic carboxylic acids is 1. The van der Waals surface area contributed by atoms with Gasteiger partial charge in [-0.1, -0.05) is 0 Å². The third-order valence-electron chi connectivity index (χ3n) is 3.76. The number of carbonyl (C=O) groups is 2. The quantitative estimate of drug-likeness (QED) is 0.856. The van der Waals surface area contributed by atoms with E-state index < -0.39 is 5.97 Å². The highest BCUT2D eigenvalue weighted by Gasteiger charge is 2.27. The summed E-state index contributed by atoms with van der Waals surface area (Å²) in [4.78, 5) is 34.7. The second kappa shape index (κ2) is 7.01. The highest BCUT2D eigenvalue weighted by molar-refractivity contribution is 5.79. The number of piperidine rings is 1. The van der Waals surface area contributed by atoms with E-state index in [9.17, 15) is 9.59 Å². The molecule has 0 bridgehead atoms. The summed E-state index contributed by atoms with van der Waals surface area (Å²) in [5.41, 5.74) is 0. The first-order valence-corrected chi connectivity index (χ1v) is 7.05. The average molecular weight is 292 g/mol. The van der Waals surface area contributed by atoms with Gasteiger partial charge in [0.25, 0.3) is 0 Å². The van der Waals surface area contributed by atoms with Crippen molar-refractivity contribution in [3.05, 3.63) is 18.6 Å². The summed E-state index contributed by atoms with van der Waals surface area (Å²) >= 11 is 0. The van der Waals surface area contributed by atoms with E-state index in [0.717, 1.165) is 31.7 Å². The van der Waals surface area contributed by atoms with Crippen molar-refractivity contribution in [3.8, 4) is 0 Å². The number of aromatic nitrogens is 2. The van der Waals surface area contributed by atoms with Crippen LogP contribution in [0.4, 0.5) is 5.82 Å². The van der Waals surface area contributed by atoms with E-state index in [1.54, 1.807) is 25.6 Å². The number of nitrogens with zero attached hydrogens (tertiary/aromatic N) is 4. The van der Waals surface area contributed by atoms with Crippen molar-refractivity contribution in [2.45, 2.75) is 19.3 Å². The molecule has 0 spiro atoms. The lowest BCUT2D eigenvalue weighted by molar-refractivity contribution is -0.139. The molecular weight excluding hydrogens is 272 g/mol. The van der Waals surface area contributed by atoms with Gasteiger partial charge in [-0.3, -0.25) is 14.6 Å². The van der Waals surface area contributed by atoms with Crippen molar-refractivity contribution in [2.24, 2.45) is 5.92 Å². The minimum Gasteiger partial charge on any atom is -0.481 e. The zero-order valence-electron chi connectivity index (χ0n) is 12.1. The fourth-order valence-corrected chi connectivity index (χ4v) is 2.50. The Morgan fingerprint density at radius 1 is 1.38 bits per heavy atom. The van der Waals surface area contributed by atoms with Crippen LogP contribution in [0.2, 0.25) is 0 Å².